The lowest BCUT2D eigenvalue weighted by molar-refractivity contribution is 0.144. The highest BCUT2D eigenvalue weighted by molar-refractivity contribution is 6.32. The van der Waals surface area contributed by atoms with Crippen LogP contribution in [0.5, 0.6) is 5.75 Å². The van der Waals surface area contributed by atoms with Gasteiger partial charge in [-0.2, -0.15) is 0 Å². The van der Waals surface area contributed by atoms with Crippen molar-refractivity contribution in [3.8, 4) is 16.9 Å². The van der Waals surface area contributed by atoms with Gasteiger partial charge in [-0.25, -0.2) is 9.18 Å². The van der Waals surface area contributed by atoms with Gasteiger partial charge in [0.25, 0.3) is 0 Å². The van der Waals surface area contributed by atoms with Gasteiger partial charge in [-0.3, -0.25) is 4.98 Å². The highest BCUT2D eigenvalue weighted by Gasteiger charge is 2.22. The minimum Gasteiger partial charge on any atom is -0.449 e. The van der Waals surface area contributed by atoms with Gasteiger partial charge in [-0.15, -0.1) is 0 Å². The van der Waals surface area contributed by atoms with Gasteiger partial charge in [0.1, 0.15) is 5.82 Å². The summed E-state index contributed by atoms with van der Waals surface area (Å²) in [6, 6.07) is 20.2. The van der Waals surface area contributed by atoms with Crippen LogP contribution in [0.15, 0.2) is 84.1 Å². The maximum absolute atomic E-state index is 15.1. The van der Waals surface area contributed by atoms with E-state index in [1.165, 1.54) is 12.1 Å². The van der Waals surface area contributed by atoms with Crippen LogP contribution in [0.25, 0.3) is 11.1 Å². The first kappa shape index (κ1) is 26.1. The van der Waals surface area contributed by atoms with E-state index in [2.05, 4.69) is 14.9 Å². The van der Waals surface area contributed by atoms with Crippen LogP contribution in [0.3, 0.4) is 0 Å². The molecule has 0 unspecified atom stereocenters. The third-order valence-electron chi connectivity index (χ3n) is 5.86. The molecule has 3 aromatic carbocycles. The molecule has 0 aliphatic heterocycles. The largest absolute Gasteiger partial charge is 0.511 e. The molecule has 0 aliphatic rings. The molecule has 6 nitrogen and oxygen atoms in total. The van der Waals surface area contributed by atoms with E-state index in [0.29, 0.717) is 16.8 Å². The topological polar surface area (TPSA) is 92.0 Å². The van der Waals surface area contributed by atoms with Crippen LogP contribution in [-0.2, 0) is 0 Å². The normalized spacial score (nSPS) is 12.3. The first-order valence-corrected chi connectivity index (χ1v) is 11.9. The molecular formula is C28H21Cl2FN2O4. The summed E-state index contributed by atoms with van der Waals surface area (Å²) in [4.78, 5) is 15.0. The van der Waals surface area contributed by atoms with Crippen molar-refractivity contribution in [3.63, 3.8) is 0 Å². The Morgan fingerprint density at radius 3 is 2.38 bits per heavy atom. The molecule has 0 spiro atoms. The number of pyridine rings is 1. The molecular weight excluding hydrogens is 518 g/mol. The predicted octanol–water partition coefficient (Wildman–Crippen LogP) is 7.96. The fraction of sp³-hybridized carbons (Fsp3) is 0.107. The lowest BCUT2D eigenvalue weighted by Gasteiger charge is -2.20. The summed E-state index contributed by atoms with van der Waals surface area (Å²) >= 11 is 12.2. The SMILES string of the molecule is Cc1cc(/C(C[C@@H](c2ccc(-c3ccc(OC(=O)O)c(Cl)c3)cc2)c2ccc(Cl)cc2F)=N/O)ccn1. The molecule has 1 atom stereocenters. The Balaban J connectivity index is 1.70. The lowest BCUT2D eigenvalue weighted by Crippen LogP contribution is -2.12. The van der Waals surface area contributed by atoms with Gasteiger partial charge >= 0.3 is 6.16 Å². The Bertz CT molecular complexity index is 1480. The van der Waals surface area contributed by atoms with E-state index in [1.54, 1.807) is 42.6 Å². The zero-order valence-electron chi connectivity index (χ0n) is 19.5. The van der Waals surface area contributed by atoms with Crippen molar-refractivity contribution in [2.24, 2.45) is 5.16 Å². The smallest absolute Gasteiger partial charge is 0.449 e. The Kier molecular flexibility index (Phi) is 8.06. The molecule has 37 heavy (non-hydrogen) atoms. The lowest BCUT2D eigenvalue weighted by atomic mass is 9.84. The van der Waals surface area contributed by atoms with Gasteiger partial charge < -0.3 is 15.1 Å². The van der Waals surface area contributed by atoms with Gasteiger partial charge in [-0.05, 0) is 65.6 Å². The second-order valence-corrected chi connectivity index (χ2v) is 9.13. The highest BCUT2D eigenvalue weighted by Crippen LogP contribution is 2.35. The number of hydrogen-bond acceptors (Lipinski definition) is 5. The third-order valence-corrected chi connectivity index (χ3v) is 6.39. The van der Waals surface area contributed by atoms with Gasteiger partial charge in [-0.1, -0.05) is 64.8 Å². The molecule has 188 valence electrons. The quantitative estimate of drug-likeness (QED) is 0.0817. The summed E-state index contributed by atoms with van der Waals surface area (Å²) in [5, 5.41) is 22.6. The number of halogens is 3. The molecule has 0 saturated carbocycles. The van der Waals surface area contributed by atoms with Crippen LogP contribution < -0.4 is 4.74 Å². The van der Waals surface area contributed by atoms with Gasteiger partial charge in [0.05, 0.1) is 10.7 Å². The second kappa shape index (κ2) is 11.4. The van der Waals surface area contributed by atoms with Crippen molar-refractivity contribution in [2.75, 3.05) is 0 Å². The molecule has 0 fully saturated rings. The first-order valence-electron chi connectivity index (χ1n) is 11.1. The van der Waals surface area contributed by atoms with E-state index < -0.39 is 17.9 Å². The van der Waals surface area contributed by atoms with E-state index in [9.17, 15) is 10.0 Å². The first-order chi connectivity index (χ1) is 17.7. The van der Waals surface area contributed by atoms with E-state index in [4.69, 9.17) is 28.3 Å². The minimum absolute atomic E-state index is 0.0370. The van der Waals surface area contributed by atoms with Crippen LogP contribution in [0.4, 0.5) is 9.18 Å². The molecule has 1 heterocycles. The zero-order valence-corrected chi connectivity index (χ0v) is 21.0. The van der Waals surface area contributed by atoms with Crippen molar-refractivity contribution < 1.29 is 24.2 Å². The molecule has 9 heteroatoms. The van der Waals surface area contributed by atoms with Crippen LogP contribution in [-0.4, -0.2) is 27.2 Å². The number of carboxylic acid groups (broad SMARTS) is 1. The number of benzene rings is 3. The monoisotopic (exact) mass is 538 g/mol. The van der Waals surface area contributed by atoms with Crippen LogP contribution in [0, 0.1) is 12.7 Å². The highest BCUT2D eigenvalue weighted by atomic mass is 35.5. The Morgan fingerprint density at radius 2 is 1.76 bits per heavy atom. The summed E-state index contributed by atoms with van der Waals surface area (Å²) in [5.41, 5.74) is 4.57. The van der Waals surface area contributed by atoms with Crippen molar-refractivity contribution in [1.82, 2.24) is 4.98 Å². The molecule has 0 radical (unpaired) electrons. The van der Waals surface area contributed by atoms with Gasteiger partial charge in [0.2, 0.25) is 0 Å². The van der Waals surface area contributed by atoms with E-state index in [-0.39, 0.29) is 22.2 Å². The van der Waals surface area contributed by atoms with Crippen LogP contribution >= 0.6 is 23.2 Å². The number of rotatable bonds is 7. The fourth-order valence-corrected chi connectivity index (χ4v) is 4.47. The molecule has 4 aromatic rings. The van der Waals surface area contributed by atoms with Crippen molar-refractivity contribution in [1.29, 1.82) is 0 Å². The van der Waals surface area contributed by atoms with E-state index in [0.717, 1.165) is 22.4 Å². The average Bonchev–Trinajstić information content (AvgIpc) is 2.86. The fourth-order valence-electron chi connectivity index (χ4n) is 4.09. The standard InChI is InChI=1S/C28H21Cl2FN2O4/c1-16-12-20(10-11-32-16)26(33-36)15-23(22-8-7-21(29)14-25(22)31)18-4-2-17(3-5-18)19-6-9-27(24(30)13-19)37-28(34)35/h2-14,23,36H,15H2,1H3,(H,34,35)/b33-26+/t23-/m0/s1. The van der Waals surface area contributed by atoms with Gasteiger partial charge in [0.15, 0.2) is 5.75 Å². The van der Waals surface area contributed by atoms with Crippen LogP contribution in [0.2, 0.25) is 10.0 Å². The molecule has 1 aromatic heterocycles. The number of ether oxygens (including phenoxy) is 1. The van der Waals surface area contributed by atoms with Gasteiger partial charge in [0, 0.05) is 34.8 Å². The zero-order chi connectivity index (χ0) is 26.5. The van der Waals surface area contributed by atoms with E-state index in [1.807, 2.05) is 31.2 Å². The van der Waals surface area contributed by atoms with Crippen molar-refractivity contribution in [3.05, 3.63) is 117 Å². The summed E-state index contributed by atoms with van der Waals surface area (Å²) < 4.78 is 19.7. The molecule has 0 saturated heterocycles. The maximum Gasteiger partial charge on any atom is 0.511 e. The Labute approximate surface area is 222 Å². The third kappa shape index (κ3) is 6.25. The number of carbonyl (C=O) groups is 1. The number of nitrogens with zero attached hydrogens (tertiary/aromatic N) is 2. The molecule has 0 amide bonds. The van der Waals surface area contributed by atoms with Crippen molar-refractivity contribution in [2.45, 2.75) is 19.3 Å². The number of aryl methyl sites for hydroxylation is 1. The summed E-state index contributed by atoms with van der Waals surface area (Å²) in [5.74, 6) is -0.916. The Hall–Kier alpha value is -3.94. The Morgan fingerprint density at radius 1 is 1.03 bits per heavy atom. The molecule has 2 N–H and O–H groups in total. The number of aromatic nitrogens is 1. The van der Waals surface area contributed by atoms with Crippen molar-refractivity contribution >= 4 is 35.1 Å². The predicted molar refractivity (Wildman–Crippen MR) is 141 cm³/mol. The summed E-state index contributed by atoms with van der Waals surface area (Å²) in [6.45, 7) is 1.83. The molecule has 0 aliphatic carbocycles. The van der Waals surface area contributed by atoms with Crippen LogP contribution in [0.1, 0.15) is 34.7 Å². The van der Waals surface area contributed by atoms with E-state index >= 15 is 4.39 Å². The molecule has 4 rings (SSSR count). The maximum atomic E-state index is 15.1. The second-order valence-electron chi connectivity index (χ2n) is 8.29. The summed E-state index contributed by atoms with van der Waals surface area (Å²) in [6.07, 6.45) is 0.387. The average molecular weight is 539 g/mol. The minimum atomic E-state index is -1.45. The summed E-state index contributed by atoms with van der Waals surface area (Å²) in [7, 11) is 0. The number of hydrogen-bond donors (Lipinski definition) is 2. The molecule has 0 bridgehead atoms. The number of oxime groups is 1.